The number of hydrogen-bond donors (Lipinski definition) is 1. The Labute approximate surface area is 128 Å². The Morgan fingerprint density at radius 3 is 2.89 bits per heavy atom. The molecular weight excluding hydrogens is 324 g/mol. The quantitative estimate of drug-likeness (QED) is 0.873. The zero-order valence-electron chi connectivity index (χ0n) is 11.3. The summed E-state index contributed by atoms with van der Waals surface area (Å²) in [4.78, 5) is 2.48. The smallest absolute Gasteiger partial charge is 0.0526 e. The van der Waals surface area contributed by atoms with Gasteiger partial charge in [0.2, 0.25) is 0 Å². The number of nitrogens with zero attached hydrogens (tertiary/aromatic N) is 1. The van der Waals surface area contributed by atoms with Crippen LogP contribution >= 0.6 is 27.5 Å². The van der Waals surface area contributed by atoms with E-state index < -0.39 is 0 Å². The third kappa shape index (κ3) is 3.09. The molecule has 1 aliphatic heterocycles. The van der Waals surface area contributed by atoms with Crippen LogP contribution in [0.5, 0.6) is 0 Å². The van der Waals surface area contributed by atoms with Gasteiger partial charge in [0.1, 0.15) is 0 Å². The third-order valence-corrected chi connectivity index (χ3v) is 5.23. The Morgan fingerprint density at radius 1 is 1.37 bits per heavy atom. The molecule has 2 fully saturated rings. The molecule has 2 aliphatic rings. The van der Waals surface area contributed by atoms with Gasteiger partial charge in [-0.1, -0.05) is 11.6 Å². The summed E-state index contributed by atoms with van der Waals surface area (Å²) in [6.07, 6.45) is 3.98. The van der Waals surface area contributed by atoms with Crippen LogP contribution in [0.2, 0.25) is 5.02 Å². The maximum Gasteiger partial charge on any atom is 0.0526 e. The first-order chi connectivity index (χ1) is 9.15. The first kappa shape index (κ1) is 13.7. The zero-order chi connectivity index (χ0) is 13.4. The summed E-state index contributed by atoms with van der Waals surface area (Å²) in [5, 5.41) is 4.56. The third-order valence-electron chi connectivity index (χ3n) is 4.19. The van der Waals surface area contributed by atoms with Crippen LogP contribution in [0.1, 0.15) is 24.8 Å². The van der Waals surface area contributed by atoms with Crippen molar-refractivity contribution in [3.63, 3.8) is 0 Å². The van der Waals surface area contributed by atoms with Crippen molar-refractivity contribution in [2.45, 2.75) is 32.2 Å². The Hall–Kier alpha value is -0.250. The molecule has 1 N–H and O–H groups in total. The van der Waals surface area contributed by atoms with Gasteiger partial charge in [0.15, 0.2) is 0 Å². The lowest BCUT2D eigenvalue weighted by atomic mass is 10.1. The van der Waals surface area contributed by atoms with Crippen LogP contribution in [0.15, 0.2) is 16.6 Å². The van der Waals surface area contributed by atoms with Gasteiger partial charge in [0.05, 0.1) is 5.69 Å². The molecule has 1 saturated carbocycles. The molecule has 0 spiro atoms. The molecule has 104 valence electrons. The summed E-state index contributed by atoms with van der Waals surface area (Å²) < 4.78 is 1.16. The molecular formula is C15H20BrClN2. The molecule has 0 radical (unpaired) electrons. The largest absolute Gasteiger partial charge is 0.369 e. The van der Waals surface area contributed by atoms with Crippen molar-refractivity contribution in [2.75, 3.05) is 24.5 Å². The van der Waals surface area contributed by atoms with Crippen LogP contribution in [0, 0.1) is 12.8 Å². The first-order valence-electron chi connectivity index (χ1n) is 7.09. The van der Waals surface area contributed by atoms with E-state index >= 15 is 0 Å². The van der Waals surface area contributed by atoms with Gasteiger partial charge in [-0.25, -0.2) is 0 Å². The molecule has 2 nitrogen and oxygen atoms in total. The van der Waals surface area contributed by atoms with Gasteiger partial charge in [-0.15, -0.1) is 0 Å². The van der Waals surface area contributed by atoms with E-state index in [1.165, 1.54) is 24.9 Å². The molecule has 1 aromatic carbocycles. The van der Waals surface area contributed by atoms with Crippen molar-refractivity contribution in [1.29, 1.82) is 0 Å². The second kappa shape index (κ2) is 5.63. The normalized spacial score (nSPS) is 24.4. The molecule has 1 saturated heterocycles. The molecule has 3 rings (SSSR count). The molecule has 1 unspecified atom stereocenters. The number of aryl methyl sites for hydroxylation is 1. The highest BCUT2D eigenvalue weighted by Gasteiger charge is 2.33. The number of halogens is 2. The second-order valence-corrected chi connectivity index (χ2v) is 7.01. The highest BCUT2D eigenvalue weighted by molar-refractivity contribution is 9.10. The lowest BCUT2D eigenvalue weighted by Gasteiger charge is -2.28. The Kier molecular flexibility index (Phi) is 4.06. The minimum atomic E-state index is 0.648. The maximum atomic E-state index is 6.29. The lowest BCUT2D eigenvalue weighted by Crippen LogP contribution is -2.39. The lowest BCUT2D eigenvalue weighted by molar-refractivity contribution is 0.490. The molecule has 1 aromatic rings. The van der Waals surface area contributed by atoms with E-state index in [2.05, 4.69) is 38.3 Å². The van der Waals surface area contributed by atoms with Crippen molar-refractivity contribution in [3.8, 4) is 0 Å². The topological polar surface area (TPSA) is 15.3 Å². The van der Waals surface area contributed by atoms with Gasteiger partial charge in [-0.2, -0.15) is 0 Å². The van der Waals surface area contributed by atoms with E-state index in [0.29, 0.717) is 6.04 Å². The Balaban J connectivity index is 1.84. The van der Waals surface area contributed by atoms with E-state index in [0.717, 1.165) is 40.6 Å². The summed E-state index contributed by atoms with van der Waals surface area (Å²) >= 11 is 9.99. The summed E-state index contributed by atoms with van der Waals surface area (Å²) in [6, 6.07) is 4.88. The number of anilines is 1. The molecule has 0 aromatic heterocycles. The summed E-state index contributed by atoms with van der Waals surface area (Å²) in [5.74, 6) is 0.889. The number of benzene rings is 1. The summed E-state index contributed by atoms with van der Waals surface area (Å²) in [6.45, 7) is 5.39. The molecule has 4 heteroatoms. The number of hydrogen-bond acceptors (Lipinski definition) is 2. The van der Waals surface area contributed by atoms with Crippen LogP contribution in [-0.2, 0) is 0 Å². The van der Waals surface area contributed by atoms with Crippen molar-refractivity contribution >= 4 is 33.2 Å². The van der Waals surface area contributed by atoms with Gasteiger partial charge in [-0.05, 0) is 72.3 Å². The van der Waals surface area contributed by atoms with Gasteiger partial charge < -0.3 is 10.2 Å². The predicted octanol–water partition coefficient (Wildman–Crippen LogP) is 3.99. The van der Waals surface area contributed by atoms with Gasteiger partial charge in [-0.3, -0.25) is 0 Å². The molecule has 0 amide bonds. The van der Waals surface area contributed by atoms with E-state index in [-0.39, 0.29) is 0 Å². The van der Waals surface area contributed by atoms with E-state index in [4.69, 9.17) is 11.6 Å². The Morgan fingerprint density at radius 2 is 2.16 bits per heavy atom. The molecule has 0 bridgehead atoms. The minimum absolute atomic E-state index is 0.648. The van der Waals surface area contributed by atoms with Crippen LogP contribution in [0.25, 0.3) is 0 Å². The highest BCUT2D eigenvalue weighted by Crippen LogP contribution is 2.36. The van der Waals surface area contributed by atoms with Crippen molar-refractivity contribution in [1.82, 2.24) is 5.32 Å². The fourth-order valence-electron chi connectivity index (χ4n) is 2.86. The van der Waals surface area contributed by atoms with Gasteiger partial charge in [0, 0.05) is 28.6 Å². The maximum absolute atomic E-state index is 6.29. The van der Waals surface area contributed by atoms with Gasteiger partial charge >= 0.3 is 0 Å². The van der Waals surface area contributed by atoms with Crippen molar-refractivity contribution in [2.24, 2.45) is 5.92 Å². The zero-order valence-corrected chi connectivity index (χ0v) is 13.6. The predicted molar refractivity (Wildman–Crippen MR) is 85.2 cm³/mol. The SMILES string of the molecule is Cc1cc(Br)c(N2CCCNC(C3CC3)C2)cc1Cl. The fraction of sp³-hybridized carbons (Fsp3) is 0.600. The summed E-state index contributed by atoms with van der Waals surface area (Å²) in [5.41, 5.74) is 2.37. The van der Waals surface area contributed by atoms with Crippen LogP contribution in [0.3, 0.4) is 0 Å². The van der Waals surface area contributed by atoms with E-state index in [9.17, 15) is 0 Å². The van der Waals surface area contributed by atoms with E-state index in [1.807, 2.05) is 6.92 Å². The second-order valence-electron chi connectivity index (χ2n) is 5.75. The summed E-state index contributed by atoms with van der Waals surface area (Å²) in [7, 11) is 0. The fourth-order valence-corrected chi connectivity index (χ4v) is 3.73. The number of rotatable bonds is 2. The molecule has 1 aliphatic carbocycles. The van der Waals surface area contributed by atoms with Crippen LogP contribution in [0.4, 0.5) is 5.69 Å². The minimum Gasteiger partial charge on any atom is -0.369 e. The molecule has 1 atom stereocenters. The average Bonchev–Trinajstić information content (AvgIpc) is 3.18. The van der Waals surface area contributed by atoms with Crippen LogP contribution in [-0.4, -0.2) is 25.7 Å². The van der Waals surface area contributed by atoms with Crippen molar-refractivity contribution in [3.05, 3.63) is 27.2 Å². The standard InChI is InChI=1S/C15H20BrClN2/c1-10-7-12(16)15(8-13(10)17)19-6-2-5-18-14(9-19)11-3-4-11/h7-8,11,14,18H,2-6,9H2,1H3. The van der Waals surface area contributed by atoms with Crippen molar-refractivity contribution < 1.29 is 0 Å². The Bertz CT molecular complexity index is 473. The van der Waals surface area contributed by atoms with Gasteiger partial charge in [0.25, 0.3) is 0 Å². The monoisotopic (exact) mass is 342 g/mol. The molecule has 19 heavy (non-hydrogen) atoms. The molecule has 1 heterocycles. The number of nitrogens with one attached hydrogen (secondary N) is 1. The average molecular weight is 344 g/mol. The van der Waals surface area contributed by atoms with E-state index in [1.54, 1.807) is 0 Å². The first-order valence-corrected chi connectivity index (χ1v) is 8.26. The highest BCUT2D eigenvalue weighted by atomic mass is 79.9. The van der Waals surface area contributed by atoms with Crippen LogP contribution < -0.4 is 10.2 Å².